The second kappa shape index (κ2) is 5.51. The molecule has 1 aliphatic rings. The fourth-order valence-corrected chi connectivity index (χ4v) is 3.26. The Hall–Kier alpha value is -1.44. The summed E-state index contributed by atoms with van der Waals surface area (Å²) in [5, 5.41) is 11.1. The Bertz CT molecular complexity index is 628. The summed E-state index contributed by atoms with van der Waals surface area (Å²) in [4.78, 5) is 12.2. The van der Waals surface area contributed by atoms with Crippen LogP contribution in [0.2, 0.25) is 0 Å². The third kappa shape index (κ3) is 3.00. The number of hydrogen-bond donors (Lipinski definition) is 3. The molecule has 1 saturated heterocycles. The quantitative estimate of drug-likeness (QED) is 0.759. The van der Waals surface area contributed by atoms with Crippen molar-refractivity contribution in [3.63, 3.8) is 0 Å². The largest absolute Gasteiger partial charge is 0.324 e. The molecule has 0 aliphatic carbocycles. The summed E-state index contributed by atoms with van der Waals surface area (Å²) in [5.41, 5.74) is 0.927. The van der Waals surface area contributed by atoms with E-state index in [9.17, 15) is 13.2 Å². The van der Waals surface area contributed by atoms with Gasteiger partial charge in [0.15, 0.2) is 0 Å². The van der Waals surface area contributed by atoms with E-state index in [4.69, 9.17) is 5.14 Å². The van der Waals surface area contributed by atoms with Crippen LogP contribution >= 0.6 is 0 Å². The lowest BCUT2D eigenvalue weighted by atomic mass is 10.0. The van der Waals surface area contributed by atoms with E-state index in [0.717, 1.165) is 13.0 Å². The van der Waals surface area contributed by atoms with Gasteiger partial charge in [-0.15, -0.1) is 0 Å². The Morgan fingerprint density at radius 3 is 2.70 bits per heavy atom. The van der Waals surface area contributed by atoms with Crippen molar-refractivity contribution in [1.82, 2.24) is 5.32 Å². The van der Waals surface area contributed by atoms with Gasteiger partial charge < -0.3 is 10.6 Å². The number of nitrogens with two attached hydrogens (primary N) is 1. The molecule has 0 spiro atoms. The average Bonchev–Trinajstić information content (AvgIpc) is 2.76. The Kier molecular flexibility index (Phi) is 4.12. The summed E-state index contributed by atoms with van der Waals surface area (Å²) in [6, 6.07) is 4.42. The van der Waals surface area contributed by atoms with Crippen LogP contribution in [0.1, 0.15) is 18.9 Å². The molecule has 20 heavy (non-hydrogen) atoms. The van der Waals surface area contributed by atoms with E-state index in [2.05, 4.69) is 10.6 Å². The third-order valence-electron chi connectivity index (χ3n) is 3.66. The second-order valence-corrected chi connectivity index (χ2v) is 6.69. The molecule has 4 N–H and O–H groups in total. The summed E-state index contributed by atoms with van der Waals surface area (Å²) in [6.07, 6.45) is 0.953. The van der Waals surface area contributed by atoms with Crippen LogP contribution in [0.25, 0.3) is 0 Å². The molecule has 0 aromatic heterocycles. The summed E-state index contributed by atoms with van der Waals surface area (Å²) in [7, 11) is -3.79. The second-order valence-electron chi connectivity index (χ2n) is 5.16. The van der Waals surface area contributed by atoms with Crippen molar-refractivity contribution in [3.05, 3.63) is 23.8 Å². The highest BCUT2D eigenvalue weighted by Gasteiger charge is 2.29. The van der Waals surface area contributed by atoms with E-state index in [1.165, 1.54) is 6.07 Å². The molecule has 2 atom stereocenters. The van der Waals surface area contributed by atoms with Crippen LogP contribution in [0.4, 0.5) is 5.69 Å². The Morgan fingerprint density at radius 2 is 2.15 bits per heavy atom. The first-order valence-electron chi connectivity index (χ1n) is 6.47. The molecule has 1 heterocycles. The summed E-state index contributed by atoms with van der Waals surface area (Å²) in [5.74, 6) is 0.112. The van der Waals surface area contributed by atoms with E-state index >= 15 is 0 Å². The van der Waals surface area contributed by atoms with Crippen molar-refractivity contribution in [1.29, 1.82) is 0 Å². The Labute approximate surface area is 118 Å². The van der Waals surface area contributed by atoms with Crippen LogP contribution < -0.4 is 15.8 Å². The maximum atomic E-state index is 12.2. The predicted molar refractivity (Wildman–Crippen MR) is 76.8 cm³/mol. The molecule has 110 valence electrons. The molecule has 6 nitrogen and oxygen atoms in total. The smallest absolute Gasteiger partial charge is 0.241 e. The first-order valence-corrected chi connectivity index (χ1v) is 8.02. The highest BCUT2D eigenvalue weighted by Crippen LogP contribution is 2.23. The standard InChI is InChI=1S/C13H19N3O3S/c1-8-6-7-15-12(8)13(17)16-10-4-3-5-11(9(10)2)20(14,18)19/h3-5,8,12,15H,6-7H2,1-2H3,(H,16,17)(H2,14,18,19). The molecule has 1 aliphatic heterocycles. The van der Waals surface area contributed by atoms with Gasteiger partial charge in [-0.05, 0) is 43.5 Å². The number of rotatable bonds is 3. The molecule has 1 fully saturated rings. The lowest BCUT2D eigenvalue weighted by Crippen LogP contribution is -2.39. The van der Waals surface area contributed by atoms with Crippen molar-refractivity contribution < 1.29 is 13.2 Å². The summed E-state index contributed by atoms with van der Waals surface area (Å²) in [6.45, 7) is 4.45. The normalized spacial score (nSPS) is 22.8. The highest BCUT2D eigenvalue weighted by atomic mass is 32.2. The number of nitrogens with one attached hydrogen (secondary N) is 2. The van der Waals surface area contributed by atoms with Crippen LogP contribution in [0.15, 0.2) is 23.1 Å². The number of carbonyl (C=O) groups excluding carboxylic acids is 1. The summed E-state index contributed by atoms with van der Waals surface area (Å²) < 4.78 is 22.9. The van der Waals surface area contributed by atoms with Crippen molar-refractivity contribution in [2.24, 2.45) is 11.1 Å². The monoisotopic (exact) mass is 297 g/mol. The van der Waals surface area contributed by atoms with E-state index in [0.29, 0.717) is 11.3 Å². The molecule has 0 saturated carbocycles. The van der Waals surface area contributed by atoms with E-state index in [1.54, 1.807) is 19.1 Å². The van der Waals surface area contributed by atoms with E-state index in [1.807, 2.05) is 6.92 Å². The molecular formula is C13H19N3O3S. The molecule has 1 amide bonds. The van der Waals surface area contributed by atoms with Gasteiger partial charge in [-0.25, -0.2) is 13.6 Å². The number of sulfonamides is 1. The number of primary sulfonamides is 1. The van der Waals surface area contributed by atoms with Gasteiger partial charge in [-0.2, -0.15) is 0 Å². The van der Waals surface area contributed by atoms with Gasteiger partial charge in [0.1, 0.15) is 0 Å². The molecule has 0 bridgehead atoms. The van der Waals surface area contributed by atoms with Crippen molar-refractivity contribution in [2.45, 2.75) is 31.2 Å². The van der Waals surface area contributed by atoms with Gasteiger partial charge in [-0.1, -0.05) is 13.0 Å². The van der Waals surface area contributed by atoms with Crippen molar-refractivity contribution in [3.8, 4) is 0 Å². The number of anilines is 1. The van der Waals surface area contributed by atoms with Crippen LogP contribution in [-0.4, -0.2) is 26.9 Å². The Balaban J connectivity index is 2.24. The minimum atomic E-state index is -3.79. The van der Waals surface area contributed by atoms with E-state index in [-0.39, 0.29) is 22.8 Å². The fraction of sp³-hybridized carbons (Fsp3) is 0.462. The van der Waals surface area contributed by atoms with Crippen LogP contribution in [0.3, 0.4) is 0 Å². The minimum absolute atomic E-state index is 0.0303. The highest BCUT2D eigenvalue weighted by molar-refractivity contribution is 7.89. The SMILES string of the molecule is Cc1c(NC(=O)C2NCCC2C)cccc1S(N)(=O)=O. The van der Waals surface area contributed by atoms with Gasteiger partial charge in [0.25, 0.3) is 0 Å². The average molecular weight is 297 g/mol. The summed E-state index contributed by atoms with van der Waals surface area (Å²) >= 11 is 0. The molecule has 2 rings (SSSR count). The molecule has 7 heteroatoms. The number of benzene rings is 1. The maximum Gasteiger partial charge on any atom is 0.241 e. The molecule has 2 unspecified atom stereocenters. The molecule has 1 aromatic rings. The zero-order valence-electron chi connectivity index (χ0n) is 11.5. The van der Waals surface area contributed by atoms with Crippen LogP contribution in [0.5, 0.6) is 0 Å². The molecular weight excluding hydrogens is 278 g/mol. The van der Waals surface area contributed by atoms with Crippen molar-refractivity contribution in [2.75, 3.05) is 11.9 Å². The number of amides is 1. The first-order chi connectivity index (χ1) is 9.30. The third-order valence-corrected chi connectivity index (χ3v) is 4.72. The van der Waals surface area contributed by atoms with Crippen molar-refractivity contribution >= 4 is 21.6 Å². The zero-order chi connectivity index (χ0) is 14.9. The number of hydrogen-bond acceptors (Lipinski definition) is 4. The molecule has 1 aromatic carbocycles. The lowest BCUT2D eigenvalue weighted by molar-refractivity contribution is -0.118. The van der Waals surface area contributed by atoms with Gasteiger partial charge in [0, 0.05) is 5.69 Å². The maximum absolute atomic E-state index is 12.2. The van der Waals surface area contributed by atoms with Crippen LogP contribution in [-0.2, 0) is 14.8 Å². The van der Waals surface area contributed by atoms with Gasteiger partial charge in [0.2, 0.25) is 15.9 Å². The van der Waals surface area contributed by atoms with Crippen LogP contribution in [0, 0.1) is 12.8 Å². The topological polar surface area (TPSA) is 101 Å². The van der Waals surface area contributed by atoms with Gasteiger partial charge in [-0.3, -0.25) is 4.79 Å². The molecule has 0 radical (unpaired) electrons. The van der Waals surface area contributed by atoms with Gasteiger partial charge in [0.05, 0.1) is 10.9 Å². The van der Waals surface area contributed by atoms with E-state index < -0.39 is 10.0 Å². The zero-order valence-corrected chi connectivity index (χ0v) is 12.3. The lowest BCUT2D eigenvalue weighted by Gasteiger charge is -2.17. The number of carbonyl (C=O) groups is 1. The fourth-order valence-electron chi connectivity index (χ4n) is 2.45. The Morgan fingerprint density at radius 1 is 1.45 bits per heavy atom. The first kappa shape index (κ1) is 15.0. The van der Waals surface area contributed by atoms with Gasteiger partial charge >= 0.3 is 0 Å². The minimum Gasteiger partial charge on any atom is -0.324 e. The predicted octanol–water partition coefficient (Wildman–Crippen LogP) is 0.579.